The minimum Gasteiger partial charge on any atom is -0.496 e. The monoisotopic (exact) mass is 263 g/mol. The molecule has 0 aromatic heterocycles. The van der Waals surface area contributed by atoms with Crippen LogP contribution in [0.1, 0.15) is 24.8 Å². The van der Waals surface area contributed by atoms with Crippen LogP contribution in [0.4, 0.5) is 0 Å². The first-order chi connectivity index (χ1) is 8.79. The summed E-state index contributed by atoms with van der Waals surface area (Å²) in [5.74, 6) is 2.28. The van der Waals surface area contributed by atoms with Crippen molar-refractivity contribution < 1.29 is 14.3 Å². The van der Waals surface area contributed by atoms with E-state index in [0.29, 0.717) is 5.94 Å². The van der Waals surface area contributed by atoms with Crippen molar-refractivity contribution in [3.63, 3.8) is 0 Å². The Labute approximate surface area is 109 Å². The van der Waals surface area contributed by atoms with Gasteiger partial charge in [-0.15, -0.1) is 0 Å². The number of carbonyl (C=O) groups excluding carboxylic acids is 1. The summed E-state index contributed by atoms with van der Waals surface area (Å²) in [6.07, 6.45) is 4.50. The quantitative estimate of drug-likeness (QED) is 0.621. The van der Waals surface area contributed by atoms with Gasteiger partial charge in [0.1, 0.15) is 23.0 Å². The van der Waals surface area contributed by atoms with Gasteiger partial charge in [0.05, 0.1) is 12.0 Å². The summed E-state index contributed by atoms with van der Waals surface area (Å²) in [4.78, 5) is 15.8. The number of isocyanates is 1. The van der Waals surface area contributed by atoms with Crippen LogP contribution in [0.5, 0.6) is 11.5 Å². The van der Waals surface area contributed by atoms with Gasteiger partial charge in [0.15, 0.2) is 0 Å². The largest absolute Gasteiger partial charge is 0.496 e. The van der Waals surface area contributed by atoms with E-state index in [1.165, 1.54) is 0 Å². The molecular formula is C13H13NO3S. The second kappa shape index (κ2) is 4.34. The zero-order valence-corrected chi connectivity index (χ0v) is 10.9. The molecule has 0 N–H and O–H groups in total. The Morgan fingerprint density at radius 1 is 1.50 bits per heavy atom. The van der Waals surface area contributed by atoms with Gasteiger partial charge in [0, 0.05) is 5.56 Å². The average molecular weight is 263 g/mol. The van der Waals surface area contributed by atoms with Gasteiger partial charge < -0.3 is 9.47 Å². The summed E-state index contributed by atoms with van der Waals surface area (Å²) in [5.41, 5.74) is 0.500. The highest BCUT2D eigenvalue weighted by atomic mass is 32.2. The summed E-state index contributed by atoms with van der Waals surface area (Å²) in [6, 6.07) is 3.94. The SMILES string of the molecule is COc1cc2c(cc1C1(N=C=O)CCC1)OCS2. The standard InChI is InChI=1S/C13H13NO3S/c1-16-10-6-12-11(17-8-18-12)5-9(10)13(14-7-15)3-2-4-13/h5-6H,2-4,8H2,1H3. The van der Waals surface area contributed by atoms with E-state index in [1.807, 2.05) is 12.1 Å². The van der Waals surface area contributed by atoms with Gasteiger partial charge in [0.2, 0.25) is 6.08 Å². The molecule has 4 nitrogen and oxygen atoms in total. The highest BCUT2D eigenvalue weighted by Crippen LogP contribution is 2.51. The zero-order chi connectivity index (χ0) is 12.6. The topological polar surface area (TPSA) is 47.9 Å². The second-order valence-corrected chi connectivity index (χ2v) is 5.46. The molecule has 2 aliphatic rings. The maximum atomic E-state index is 10.7. The Bertz CT molecular complexity index is 533. The van der Waals surface area contributed by atoms with Crippen LogP contribution in [-0.4, -0.2) is 19.1 Å². The number of fused-ring (bicyclic) bond motifs is 1. The van der Waals surface area contributed by atoms with Crippen molar-refractivity contribution >= 4 is 17.8 Å². The van der Waals surface area contributed by atoms with Crippen molar-refractivity contribution in [3.05, 3.63) is 17.7 Å². The van der Waals surface area contributed by atoms with Crippen molar-refractivity contribution in [2.24, 2.45) is 4.99 Å². The van der Waals surface area contributed by atoms with Crippen molar-refractivity contribution in [1.29, 1.82) is 0 Å². The predicted octanol–water partition coefficient (Wildman–Crippen LogP) is 2.85. The zero-order valence-electron chi connectivity index (χ0n) is 10.1. The first-order valence-corrected chi connectivity index (χ1v) is 6.85. The average Bonchev–Trinajstić information content (AvgIpc) is 2.79. The van der Waals surface area contributed by atoms with E-state index in [4.69, 9.17) is 9.47 Å². The smallest absolute Gasteiger partial charge is 0.235 e. The number of ether oxygens (including phenoxy) is 2. The molecule has 0 bridgehead atoms. The van der Waals surface area contributed by atoms with Crippen molar-refractivity contribution in [2.75, 3.05) is 13.0 Å². The number of thioether (sulfide) groups is 1. The van der Waals surface area contributed by atoms with Crippen LogP contribution >= 0.6 is 11.8 Å². The van der Waals surface area contributed by atoms with Gasteiger partial charge in [-0.3, -0.25) is 0 Å². The van der Waals surface area contributed by atoms with E-state index in [2.05, 4.69) is 4.99 Å². The molecule has 1 saturated carbocycles. The molecule has 0 unspecified atom stereocenters. The Hall–Kier alpha value is -1.45. The Morgan fingerprint density at radius 2 is 2.33 bits per heavy atom. The number of hydrogen-bond donors (Lipinski definition) is 0. The fourth-order valence-electron chi connectivity index (χ4n) is 2.50. The first kappa shape index (κ1) is 11.6. The van der Waals surface area contributed by atoms with E-state index < -0.39 is 5.54 Å². The van der Waals surface area contributed by atoms with Crippen LogP contribution in [-0.2, 0) is 10.3 Å². The maximum Gasteiger partial charge on any atom is 0.235 e. The van der Waals surface area contributed by atoms with E-state index in [9.17, 15) is 4.79 Å². The number of aliphatic imine (C=N–C) groups is 1. The molecule has 1 heterocycles. The molecule has 1 aromatic carbocycles. The minimum atomic E-state index is -0.446. The summed E-state index contributed by atoms with van der Waals surface area (Å²) in [7, 11) is 1.64. The first-order valence-electron chi connectivity index (χ1n) is 5.86. The lowest BCUT2D eigenvalue weighted by atomic mass is 9.72. The van der Waals surface area contributed by atoms with Crippen molar-refractivity contribution in [3.8, 4) is 11.5 Å². The highest BCUT2D eigenvalue weighted by Gasteiger charge is 2.42. The molecule has 1 aromatic rings. The predicted molar refractivity (Wildman–Crippen MR) is 68.0 cm³/mol. The van der Waals surface area contributed by atoms with Gasteiger partial charge in [-0.1, -0.05) is 11.8 Å². The van der Waals surface area contributed by atoms with Gasteiger partial charge in [-0.2, -0.15) is 4.99 Å². The second-order valence-electron chi connectivity index (χ2n) is 4.49. The molecule has 0 radical (unpaired) electrons. The van der Waals surface area contributed by atoms with Gasteiger partial charge in [-0.05, 0) is 31.4 Å². The Kier molecular flexibility index (Phi) is 2.80. The third-order valence-electron chi connectivity index (χ3n) is 3.64. The molecule has 1 aliphatic heterocycles. The van der Waals surface area contributed by atoms with E-state index >= 15 is 0 Å². The van der Waals surface area contributed by atoms with Crippen molar-refractivity contribution in [1.82, 2.24) is 0 Å². The number of hydrogen-bond acceptors (Lipinski definition) is 5. The van der Waals surface area contributed by atoms with Crippen LogP contribution in [0.25, 0.3) is 0 Å². The summed E-state index contributed by atoms with van der Waals surface area (Å²) in [5, 5.41) is 0. The van der Waals surface area contributed by atoms with Gasteiger partial charge in [-0.25, -0.2) is 4.79 Å². The van der Waals surface area contributed by atoms with E-state index in [0.717, 1.165) is 41.2 Å². The van der Waals surface area contributed by atoms with Gasteiger partial charge in [0.25, 0.3) is 0 Å². The third-order valence-corrected chi connectivity index (χ3v) is 4.50. The molecule has 94 valence electrons. The lowest BCUT2D eigenvalue weighted by molar-refractivity contribution is 0.244. The fraction of sp³-hybridized carbons (Fsp3) is 0.462. The van der Waals surface area contributed by atoms with Crippen LogP contribution < -0.4 is 9.47 Å². The molecular weight excluding hydrogens is 250 g/mol. The molecule has 0 saturated heterocycles. The minimum absolute atomic E-state index is 0.446. The van der Waals surface area contributed by atoms with Crippen LogP contribution in [0.2, 0.25) is 0 Å². The van der Waals surface area contributed by atoms with Crippen LogP contribution in [0.15, 0.2) is 22.0 Å². The lowest BCUT2D eigenvalue weighted by Gasteiger charge is -2.38. The Morgan fingerprint density at radius 3 is 2.94 bits per heavy atom. The molecule has 5 heteroatoms. The van der Waals surface area contributed by atoms with Gasteiger partial charge >= 0.3 is 0 Å². The molecule has 1 fully saturated rings. The lowest BCUT2D eigenvalue weighted by Crippen LogP contribution is -2.32. The number of benzene rings is 1. The number of rotatable bonds is 3. The molecule has 0 spiro atoms. The molecule has 1 aliphatic carbocycles. The summed E-state index contributed by atoms with van der Waals surface area (Å²) < 4.78 is 11.0. The van der Waals surface area contributed by atoms with E-state index in [-0.39, 0.29) is 0 Å². The Balaban J connectivity index is 2.13. The van der Waals surface area contributed by atoms with Crippen LogP contribution in [0.3, 0.4) is 0 Å². The third kappa shape index (κ3) is 1.62. The van der Waals surface area contributed by atoms with Crippen molar-refractivity contribution in [2.45, 2.75) is 29.7 Å². The normalized spacial score (nSPS) is 19.2. The molecule has 0 atom stereocenters. The summed E-state index contributed by atoms with van der Waals surface area (Å²) >= 11 is 1.65. The summed E-state index contributed by atoms with van der Waals surface area (Å²) in [6.45, 7) is 0. The molecule has 3 rings (SSSR count). The maximum absolute atomic E-state index is 10.7. The van der Waals surface area contributed by atoms with E-state index in [1.54, 1.807) is 25.0 Å². The van der Waals surface area contributed by atoms with Crippen LogP contribution in [0, 0.1) is 0 Å². The highest BCUT2D eigenvalue weighted by molar-refractivity contribution is 7.99. The fourth-order valence-corrected chi connectivity index (χ4v) is 3.26. The molecule has 18 heavy (non-hydrogen) atoms. The molecule has 0 amide bonds. The number of nitrogens with zero attached hydrogens (tertiary/aromatic N) is 1. The number of methoxy groups -OCH3 is 1.